The van der Waals surface area contributed by atoms with Crippen LogP contribution in [0.25, 0.3) is 0 Å². The fourth-order valence-electron chi connectivity index (χ4n) is 3.22. The van der Waals surface area contributed by atoms with Gasteiger partial charge in [-0.05, 0) is 19.3 Å². The van der Waals surface area contributed by atoms with Gasteiger partial charge in [0.15, 0.2) is 0 Å². The van der Waals surface area contributed by atoms with Crippen LogP contribution >= 0.6 is 11.3 Å². The van der Waals surface area contributed by atoms with E-state index < -0.39 is 0 Å². The highest BCUT2D eigenvalue weighted by Gasteiger charge is 2.41. The SMILES string of the molecule is CCC(c1nccs1)N1CCC(=O)N2CCCC2C1=O. The van der Waals surface area contributed by atoms with Crippen molar-refractivity contribution in [2.45, 2.75) is 44.7 Å². The molecule has 5 nitrogen and oxygen atoms in total. The third-order valence-corrected chi connectivity index (χ3v) is 5.08. The van der Waals surface area contributed by atoms with Gasteiger partial charge in [0.1, 0.15) is 11.0 Å². The molecule has 108 valence electrons. The molecule has 2 fully saturated rings. The van der Waals surface area contributed by atoms with Gasteiger partial charge in [0, 0.05) is 31.1 Å². The molecule has 1 aromatic rings. The smallest absolute Gasteiger partial charge is 0.245 e. The van der Waals surface area contributed by atoms with Crippen LogP contribution in [0.15, 0.2) is 11.6 Å². The first-order valence-electron chi connectivity index (χ1n) is 7.21. The molecule has 2 aliphatic rings. The van der Waals surface area contributed by atoms with E-state index in [2.05, 4.69) is 11.9 Å². The third kappa shape index (κ3) is 2.22. The Kier molecular flexibility index (Phi) is 3.74. The molecule has 1 aromatic heterocycles. The summed E-state index contributed by atoms with van der Waals surface area (Å²) in [4.78, 5) is 32.9. The molecular formula is C14H19N3O2S. The molecule has 0 N–H and O–H groups in total. The first kappa shape index (κ1) is 13.5. The summed E-state index contributed by atoms with van der Waals surface area (Å²) >= 11 is 1.58. The highest BCUT2D eigenvalue weighted by molar-refractivity contribution is 7.09. The van der Waals surface area contributed by atoms with E-state index >= 15 is 0 Å². The number of aromatic nitrogens is 1. The van der Waals surface area contributed by atoms with Crippen molar-refractivity contribution in [2.75, 3.05) is 13.1 Å². The third-order valence-electron chi connectivity index (χ3n) is 4.21. The number of hydrogen-bond acceptors (Lipinski definition) is 4. The van der Waals surface area contributed by atoms with Crippen LogP contribution in [-0.4, -0.2) is 45.7 Å². The normalized spacial score (nSPS) is 24.8. The quantitative estimate of drug-likeness (QED) is 0.854. The van der Waals surface area contributed by atoms with Crippen molar-refractivity contribution >= 4 is 23.2 Å². The molecule has 2 amide bonds. The number of carbonyl (C=O) groups excluding carboxylic acids is 2. The molecular weight excluding hydrogens is 274 g/mol. The van der Waals surface area contributed by atoms with Crippen molar-refractivity contribution < 1.29 is 9.59 Å². The van der Waals surface area contributed by atoms with E-state index in [1.54, 1.807) is 22.4 Å². The van der Waals surface area contributed by atoms with E-state index in [9.17, 15) is 9.59 Å². The van der Waals surface area contributed by atoms with Gasteiger partial charge in [-0.15, -0.1) is 11.3 Å². The van der Waals surface area contributed by atoms with Gasteiger partial charge in [-0.25, -0.2) is 4.98 Å². The Balaban J connectivity index is 1.88. The predicted molar refractivity (Wildman–Crippen MR) is 76.2 cm³/mol. The second kappa shape index (κ2) is 5.52. The molecule has 0 aliphatic carbocycles. The average Bonchev–Trinajstić information content (AvgIpc) is 3.10. The van der Waals surface area contributed by atoms with Crippen molar-refractivity contribution in [3.8, 4) is 0 Å². The van der Waals surface area contributed by atoms with E-state index in [4.69, 9.17) is 0 Å². The van der Waals surface area contributed by atoms with Gasteiger partial charge in [0.25, 0.3) is 0 Å². The molecule has 3 heterocycles. The lowest BCUT2D eigenvalue weighted by molar-refractivity contribution is -0.140. The van der Waals surface area contributed by atoms with Crippen molar-refractivity contribution in [3.63, 3.8) is 0 Å². The van der Waals surface area contributed by atoms with Crippen molar-refractivity contribution in [2.24, 2.45) is 0 Å². The molecule has 0 saturated carbocycles. The number of hydrogen-bond donors (Lipinski definition) is 0. The highest BCUT2D eigenvalue weighted by atomic mass is 32.1. The van der Waals surface area contributed by atoms with Gasteiger partial charge in [0.2, 0.25) is 11.8 Å². The maximum Gasteiger partial charge on any atom is 0.245 e. The van der Waals surface area contributed by atoms with Crippen LogP contribution in [0, 0.1) is 0 Å². The summed E-state index contributed by atoms with van der Waals surface area (Å²) in [5, 5.41) is 2.91. The Hall–Kier alpha value is -1.43. The minimum Gasteiger partial charge on any atom is -0.331 e. The Morgan fingerprint density at radius 2 is 2.30 bits per heavy atom. The lowest BCUT2D eigenvalue weighted by Crippen LogP contribution is -2.44. The van der Waals surface area contributed by atoms with E-state index in [0.29, 0.717) is 13.0 Å². The van der Waals surface area contributed by atoms with Crippen molar-refractivity contribution in [1.29, 1.82) is 0 Å². The molecule has 0 radical (unpaired) electrons. The summed E-state index contributed by atoms with van der Waals surface area (Å²) in [7, 11) is 0. The Morgan fingerprint density at radius 1 is 1.45 bits per heavy atom. The predicted octanol–water partition coefficient (Wildman–Crippen LogP) is 1.82. The molecule has 0 bridgehead atoms. The van der Waals surface area contributed by atoms with Crippen LogP contribution in [-0.2, 0) is 9.59 Å². The van der Waals surface area contributed by atoms with Gasteiger partial charge < -0.3 is 9.80 Å². The first-order valence-corrected chi connectivity index (χ1v) is 8.09. The van der Waals surface area contributed by atoms with E-state index in [1.807, 2.05) is 10.3 Å². The largest absolute Gasteiger partial charge is 0.331 e. The number of fused-ring (bicyclic) bond motifs is 1. The minimum atomic E-state index is -0.237. The lowest BCUT2D eigenvalue weighted by atomic mass is 10.1. The van der Waals surface area contributed by atoms with E-state index in [0.717, 1.165) is 30.8 Å². The van der Waals surface area contributed by atoms with Crippen LogP contribution in [0.5, 0.6) is 0 Å². The molecule has 0 aromatic carbocycles. The lowest BCUT2D eigenvalue weighted by Gasteiger charge is -2.30. The number of thiazole rings is 1. The minimum absolute atomic E-state index is 0.0100. The molecule has 3 rings (SSSR count). The molecule has 2 aliphatic heterocycles. The van der Waals surface area contributed by atoms with Gasteiger partial charge in [-0.2, -0.15) is 0 Å². The summed E-state index contributed by atoms with van der Waals surface area (Å²) in [5.74, 6) is 0.229. The average molecular weight is 293 g/mol. The molecule has 0 spiro atoms. The van der Waals surface area contributed by atoms with Crippen LogP contribution in [0.1, 0.15) is 43.7 Å². The molecule has 2 atom stereocenters. The summed E-state index contributed by atoms with van der Waals surface area (Å²) < 4.78 is 0. The van der Waals surface area contributed by atoms with Gasteiger partial charge in [0.05, 0.1) is 6.04 Å². The Morgan fingerprint density at radius 3 is 3.00 bits per heavy atom. The van der Waals surface area contributed by atoms with Gasteiger partial charge in [-0.3, -0.25) is 9.59 Å². The molecule has 6 heteroatoms. The zero-order chi connectivity index (χ0) is 14.1. The first-order chi connectivity index (χ1) is 9.72. The zero-order valence-electron chi connectivity index (χ0n) is 11.6. The molecule has 2 saturated heterocycles. The number of amides is 2. The Bertz CT molecular complexity index is 503. The van der Waals surface area contributed by atoms with E-state index in [-0.39, 0.29) is 23.9 Å². The van der Waals surface area contributed by atoms with Crippen molar-refractivity contribution in [1.82, 2.24) is 14.8 Å². The van der Waals surface area contributed by atoms with E-state index in [1.165, 1.54) is 0 Å². The standard InChI is InChI=1S/C14H19N3O2S/c1-2-10(13-15-6-9-20-13)17-8-5-12(18)16-7-3-4-11(16)14(17)19/h6,9-11H,2-5,7-8H2,1H3. The molecule has 2 unspecified atom stereocenters. The number of carbonyl (C=O) groups is 2. The van der Waals surface area contributed by atoms with Crippen LogP contribution in [0.3, 0.4) is 0 Å². The fraction of sp³-hybridized carbons (Fsp3) is 0.643. The number of rotatable bonds is 3. The fourth-order valence-corrected chi connectivity index (χ4v) is 4.05. The monoisotopic (exact) mass is 293 g/mol. The maximum atomic E-state index is 12.8. The Labute approximate surface area is 122 Å². The van der Waals surface area contributed by atoms with Gasteiger partial charge in [-0.1, -0.05) is 6.92 Å². The topological polar surface area (TPSA) is 53.5 Å². The summed E-state index contributed by atoms with van der Waals surface area (Å²) in [6.07, 6.45) is 4.78. The zero-order valence-corrected chi connectivity index (χ0v) is 12.4. The maximum absolute atomic E-state index is 12.8. The van der Waals surface area contributed by atoms with Crippen molar-refractivity contribution in [3.05, 3.63) is 16.6 Å². The van der Waals surface area contributed by atoms with Crippen LogP contribution < -0.4 is 0 Å². The van der Waals surface area contributed by atoms with Crippen LogP contribution in [0.4, 0.5) is 0 Å². The highest BCUT2D eigenvalue weighted by Crippen LogP contribution is 2.31. The van der Waals surface area contributed by atoms with Crippen LogP contribution in [0.2, 0.25) is 0 Å². The van der Waals surface area contributed by atoms with Gasteiger partial charge >= 0.3 is 0 Å². The number of nitrogens with zero attached hydrogens (tertiary/aromatic N) is 3. The second-order valence-corrected chi connectivity index (χ2v) is 6.25. The summed E-state index contributed by atoms with van der Waals surface area (Å²) in [5.41, 5.74) is 0. The summed E-state index contributed by atoms with van der Waals surface area (Å²) in [6, 6.07) is -0.227. The second-order valence-electron chi connectivity index (χ2n) is 5.32. The molecule has 20 heavy (non-hydrogen) atoms. The summed E-state index contributed by atoms with van der Waals surface area (Å²) in [6.45, 7) is 3.32.